The van der Waals surface area contributed by atoms with Crippen LogP contribution in [0.3, 0.4) is 0 Å². The molecular weight excluding hydrogens is 140 g/mol. The Hall–Kier alpha value is -0.220. The number of nitrogens with zero attached hydrogens (tertiary/aromatic N) is 1. The fourth-order valence-electron chi connectivity index (χ4n) is 1.15. The molecule has 4 heteroatoms. The molecule has 1 aliphatic heterocycles. The summed E-state index contributed by atoms with van der Waals surface area (Å²) in [5.74, 6) is 0. The van der Waals surface area contributed by atoms with E-state index in [2.05, 4.69) is 4.74 Å². The molecule has 1 saturated heterocycles. The number of likely N-dealkylation sites (N-methyl/N-ethyl adjacent to an activating group) is 1. The lowest BCUT2D eigenvalue weighted by molar-refractivity contribution is -0.158. The summed E-state index contributed by atoms with van der Waals surface area (Å²) < 4.78 is 27.5. The maximum absolute atomic E-state index is 11.6. The number of likely N-dealkylation sites (tertiary alicyclic amines) is 1. The van der Waals surface area contributed by atoms with Crippen LogP contribution >= 0.6 is 0 Å². The highest BCUT2D eigenvalue weighted by molar-refractivity contribution is 4.72. The third-order valence-corrected chi connectivity index (χ3v) is 1.64. The molecule has 1 rings (SSSR count). The Balaban J connectivity index is 2.18. The third kappa shape index (κ3) is 2.19. The molecule has 0 spiro atoms. The highest BCUT2D eigenvalue weighted by Gasteiger charge is 2.22. The minimum absolute atomic E-state index is 0.259. The summed E-state index contributed by atoms with van der Waals surface area (Å²) in [6, 6.07) is 0. The van der Waals surface area contributed by atoms with Gasteiger partial charge in [0, 0.05) is 13.1 Å². The zero-order valence-corrected chi connectivity index (χ0v) is 5.89. The molecule has 1 heterocycles. The van der Waals surface area contributed by atoms with Gasteiger partial charge in [-0.15, -0.1) is 0 Å². The predicted octanol–water partition coefficient (Wildman–Crippen LogP) is 0.930. The molecule has 10 heavy (non-hydrogen) atoms. The first-order valence-corrected chi connectivity index (χ1v) is 3.30. The van der Waals surface area contributed by atoms with Crippen LogP contribution in [0.15, 0.2) is 0 Å². The van der Waals surface area contributed by atoms with Crippen molar-refractivity contribution < 1.29 is 13.5 Å². The quantitative estimate of drug-likeness (QED) is 0.582. The van der Waals surface area contributed by atoms with Crippen molar-refractivity contribution in [2.45, 2.75) is 19.1 Å². The zero-order valence-electron chi connectivity index (χ0n) is 5.89. The van der Waals surface area contributed by atoms with Gasteiger partial charge < -0.3 is 9.64 Å². The summed E-state index contributed by atoms with van der Waals surface area (Å²) in [5, 5.41) is 0. The van der Waals surface area contributed by atoms with Crippen LogP contribution in [0.2, 0.25) is 0 Å². The lowest BCUT2D eigenvalue weighted by atomic mass is 10.3. The van der Waals surface area contributed by atoms with E-state index in [-0.39, 0.29) is 6.10 Å². The van der Waals surface area contributed by atoms with Gasteiger partial charge in [0.1, 0.15) is 0 Å². The molecule has 0 unspecified atom stereocenters. The highest BCUT2D eigenvalue weighted by Crippen LogP contribution is 2.13. The van der Waals surface area contributed by atoms with Crippen LogP contribution in [0.5, 0.6) is 0 Å². The van der Waals surface area contributed by atoms with Crippen molar-refractivity contribution in [3.63, 3.8) is 0 Å². The second kappa shape index (κ2) is 3.25. The first kappa shape index (κ1) is 7.88. The van der Waals surface area contributed by atoms with Gasteiger partial charge in [0.15, 0.2) is 0 Å². The van der Waals surface area contributed by atoms with Gasteiger partial charge in [0.05, 0.1) is 6.10 Å². The molecule has 1 aliphatic rings. The van der Waals surface area contributed by atoms with E-state index in [9.17, 15) is 8.78 Å². The van der Waals surface area contributed by atoms with Gasteiger partial charge in [0.25, 0.3) is 0 Å². The molecule has 1 fully saturated rings. The van der Waals surface area contributed by atoms with Crippen molar-refractivity contribution in [2.75, 3.05) is 20.1 Å². The highest BCUT2D eigenvalue weighted by atomic mass is 19.3. The van der Waals surface area contributed by atoms with Gasteiger partial charge in [-0.3, -0.25) is 0 Å². The largest absolute Gasteiger partial charge is 0.345 e. The Kier molecular flexibility index (Phi) is 2.56. The van der Waals surface area contributed by atoms with Gasteiger partial charge >= 0.3 is 6.61 Å². The molecule has 0 amide bonds. The lowest BCUT2D eigenvalue weighted by Gasteiger charge is -2.09. The predicted molar refractivity (Wildman–Crippen MR) is 33.0 cm³/mol. The van der Waals surface area contributed by atoms with Crippen molar-refractivity contribution in [1.29, 1.82) is 0 Å². The minimum Gasteiger partial charge on any atom is -0.318 e. The van der Waals surface area contributed by atoms with E-state index < -0.39 is 6.61 Å². The smallest absolute Gasteiger partial charge is 0.318 e. The number of hydrogen-bond donors (Lipinski definition) is 0. The second-order valence-corrected chi connectivity index (χ2v) is 2.57. The average Bonchev–Trinajstić information content (AvgIpc) is 2.13. The number of rotatable bonds is 2. The van der Waals surface area contributed by atoms with Gasteiger partial charge in [-0.25, -0.2) is 0 Å². The molecule has 1 atom stereocenters. The van der Waals surface area contributed by atoms with Crippen LogP contribution in [-0.2, 0) is 4.74 Å². The number of alkyl halides is 2. The van der Waals surface area contributed by atoms with E-state index in [0.717, 1.165) is 13.0 Å². The van der Waals surface area contributed by atoms with E-state index in [1.54, 1.807) is 0 Å². The van der Waals surface area contributed by atoms with Crippen LogP contribution in [-0.4, -0.2) is 37.8 Å². The van der Waals surface area contributed by atoms with E-state index in [4.69, 9.17) is 0 Å². The molecule has 0 bridgehead atoms. The summed E-state index contributed by atoms with van der Waals surface area (Å²) in [7, 11) is 1.90. The standard InChI is InChI=1S/C6H11F2NO/c1-9-3-2-5(4-9)10-6(7)8/h5-6H,2-4H2,1H3/t5-/m1/s1. The molecule has 0 aromatic heterocycles. The first-order chi connectivity index (χ1) is 4.68. The van der Waals surface area contributed by atoms with Crippen molar-refractivity contribution in [3.8, 4) is 0 Å². The monoisotopic (exact) mass is 151 g/mol. The van der Waals surface area contributed by atoms with Crippen LogP contribution in [0.1, 0.15) is 6.42 Å². The van der Waals surface area contributed by atoms with Crippen molar-refractivity contribution >= 4 is 0 Å². The molecule has 0 aromatic carbocycles. The molecule has 0 aromatic rings. The molecule has 0 aliphatic carbocycles. The summed E-state index contributed by atoms with van der Waals surface area (Å²) in [6.07, 6.45) is 0.464. The van der Waals surface area contributed by atoms with Gasteiger partial charge in [-0.1, -0.05) is 0 Å². The third-order valence-electron chi connectivity index (χ3n) is 1.64. The summed E-state index contributed by atoms with van der Waals surface area (Å²) >= 11 is 0. The molecule has 0 N–H and O–H groups in total. The van der Waals surface area contributed by atoms with Crippen LogP contribution in [0.4, 0.5) is 8.78 Å². The molecule has 0 saturated carbocycles. The SMILES string of the molecule is CN1CC[C@@H](OC(F)F)C1. The fourth-order valence-corrected chi connectivity index (χ4v) is 1.15. The Bertz CT molecular complexity index is 110. The van der Waals surface area contributed by atoms with Crippen molar-refractivity contribution in [3.05, 3.63) is 0 Å². The van der Waals surface area contributed by atoms with Crippen LogP contribution in [0.25, 0.3) is 0 Å². The van der Waals surface area contributed by atoms with E-state index >= 15 is 0 Å². The zero-order chi connectivity index (χ0) is 7.56. The Morgan fingerprint density at radius 3 is 2.70 bits per heavy atom. The maximum Gasteiger partial charge on any atom is 0.345 e. The van der Waals surface area contributed by atoms with Crippen LogP contribution in [0, 0.1) is 0 Å². The molecule has 60 valence electrons. The van der Waals surface area contributed by atoms with Gasteiger partial charge in [-0.2, -0.15) is 8.78 Å². The number of hydrogen-bond acceptors (Lipinski definition) is 2. The van der Waals surface area contributed by atoms with Crippen molar-refractivity contribution in [2.24, 2.45) is 0 Å². The van der Waals surface area contributed by atoms with E-state index in [1.165, 1.54) is 0 Å². The normalized spacial score (nSPS) is 28.2. The van der Waals surface area contributed by atoms with Gasteiger partial charge in [0.2, 0.25) is 0 Å². The molecule has 2 nitrogen and oxygen atoms in total. The summed E-state index contributed by atoms with van der Waals surface area (Å²) in [4.78, 5) is 1.98. The molecular formula is C6H11F2NO. The fraction of sp³-hybridized carbons (Fsp3) is 1.00. The Morgan fingerprint density at radius 1 is 1.60 bits per heavy atom. The Morgan fingerprint density at radius 2 is 2.30 bits per heavy atom. The maximum atomic E-state index is 11.6. The average molecular weight is 151 g/mol. The lowest BCUT2D eigenvalue weighted by Crippen LogP contribution is -2.20. The minimum atomic E-state index is -2.61. The van der Waals surface area contributed by atoms with Crippen LogP contribution < -0.4 is 0 Å². The first-order valence-electron chi connectivity index (χ1n) is 3.30. The second-order valence-electron chi connectivity index (χ2n) is 2.57. The topological polar surface area (TPSA) is 12.5 Å². The number of ether oxygens (including phenoxy) is 1. The summed E-state index contributed by atoms with van der Waals surface area (Å²) in [5.41, 5.74) is 0. The Labute approximate surface area is 58.8 Å². The number of halogens is 2. The van der Waals surface area contributed by atoms with E-state index in [1.807, 2.05) is 11.9 Å². The van der Waals surface area contributed by atoms with E-state index in [0.29, 0.717) is 6.54 Å². The molecule has 0 radical (unpaired) electrons. The van der Waals surface area contributed by atoms with Gasteiger partial charge in [-0.05, 0) is 13.5 Å². The van der Waals surface area contributed by atoms with Crippen molar-refractivity contribution in [1.82, 2.24) is 4.90 Å². The summed E-state index contributed by atoms with van der Waals surface area (Å²) in [6.45, 7) is -1.13.